The van der Waals surface area contributed by atoms with Gasteiger partial charge in [0.05, 0.1) is 0 Å². The van der Waals surface area contributed by atoms with Crippen LogP contribution in [0.1, 0.15) is 17.5 Å². The molecule has 0 bridgehead atoms. The Balaban J connectivity index is 1.72. The molecular formula is C20H16ClFN2O4. The van der Waals surface area contributed by atoms with E-state index in [1.807, 2.05) is 0 Å². The number of fused-ring (bicyclic) bond motifs is 2. The van der Waals surface area contributed by atoms with Gasteiger partial charge in [-0.1, -0.05) is 29.8 Å². The van der Waals surface area contributed by atoms with Gasteiger partial charge >= 0.3 is 5.97 Å². The Morgan fingerprint density at radius 1 is 1.21 bits per heavy atom. The second-order valence-electron chi connectivity index (χ2n) is 7.05. The predicted molar refractivity (Wildman–Crippen MR) is 99.6 cm³/mol. The third-order valence-corrected chi connectivity index (χ3v) is 5.53. The van der Waals surface area contributed by atoms with E-state index in [4.69, 9.17) is 11.6 Å². The van der Waals surface area contributed by atoms with Crippen molar-refractivity contribution in [2.24, 2.45) is 0 Å². The zero-order valence-corrected chi connectivity index (χ0v) is 15.4. The standard InChI is InChI=1S/C20H16ClFN2O4/c21-13-5-6-16-14(7-13)20(19(28)24(16)10-18(26)27)8-17(25)23(11-20)9-12-3-1-2-4-15(12)22/h1-7H,8-11H2,(H,26,27). The highest BCUT2D eigenvalue weighted by Gasteiger charge is 2.57. The third-order valence-electron chi connectivity index (χ3n) is 5.30. The van der Waals surface area contributed by atoms with E-state index < -0.39 is 29.7 Å². The summed E-state index contributed by atoms with van der Waals surface area (Å²) < 4.78 is 14.0. The fourth-order valence-corrected chi connectivity index (χ4v) is 4.21. The smallest absolute Gasteiger partial charge is 0.323 e. The number of rotatable bonds is 4. The van der Waals surface area contributed by atoms with Crippen LogP contribution in [0.2, 0.25) is 5.02 Å². The van der Waals surface area contributed by atoms with E-state index in [2.05, 4.69) is 0 Å². The normalized spacial score (nSPS) is 20.9. The quantitative estimate of drug-likeness (QED) is 0.852. The van der Waals surface area contributed by atoms with Crippen LogP contribution in [0.15, 0.2) is 42.5 Å². The van der Waals surface area contributed by atoms with Crippen LogP contribution in [0.5, 0.6) is 0 Å². The third kappa shape index (κ3) is 2.82. The summed E-state index contributed by atoms with van der Waals surface area (Å²) in [7, 11) is 0. The van der Waals surface area contributed by atoms with E-state index in [-0.39, 0.29) is 25.4 Å². The molecule has 2 aromatic carbocycles. The molecule has 6 nitrogen and oxygen atoms in total. The first kappa shape index (κ1) is 18.4. The summed E-state index contributed by atoms with van der Waals surface area (Å²) in [5, 5.41) is 9.59. The fourth-order valence-electron chi connectivity index (χ4n) is 4.04. The van der Waals surface area contributed by atoms with E-state index in [0.29, 0.717) is 21.8 Å². The molecule has 28 heavy (non-hydrogen) atoms. The molecule has 0 aromatic heterocycles. The highest BCUT2D eigenvalue weighted by atomic mass is 35.5. The maximum Gasteiger partial charge on any atom is 0.323 e. The first-order chi connectivity index (χ1) is 13.3. The number of amides is 2. The monoisotopic (exact) mass is 402 g/mol. The largest absolute Gasteiger partial charge is 0.480 e. The minimum Gasteiger partial charge on any atom is -0.480 e. The molecule has 0 saturated carbocycles. The average molecular weight is 403 g/mol. The Morgan fingerprint density at radius 2 is 1.96 bits per heavy atom. The lowest BCUT2D eigenvalue weighted by molar-refractivity contribution is -0.137. The molecule has 1 atom stereocenters. The van der Waals surface area contributed by atoms with Gasteiger partial charge in [-0.15, -0.1) is 0 Å². The van der Waals surface area contributed by atoms with Gasteiger partial charge in [-0.25, -0.2) is 4.39 Å². The van der Waals surface area contributed by atoms with Crippen molar-refractivity contribution in [1.29, 1.82) is 0 Å². The zero-order chi connectivity index (χ0) is 20.1. The summed E-state index contributed by atoms with van der Waals surface area (Å²) in [5.41, 5.74) is 0.123. The Labute approximate surface area is 165 Å². The van der Waals surface area contributed by atoms with Crippen LogP contribution in [-0.4, -0.2) is 40.9 Å². The molecule has 2 aliphatic heterocycles. The van der Waals surface area contributed by atoms with Crippen LogP contribution in [0.4, 0.5) is 10.1 Å². The summed E-state index contributed by atoms with van der Waals surface area (Å²) >= 11 is 6.12. The van der Waals surface area contributed by atoms with E-state index >= 15 is 0 Å². The van der Waals surface area contributed by atoms with Crippen molar-refractivity contribution < 1.29 is 23.9 Å². The molecule has 1 N–H and O–H groups in total. The van der Waals surface area contributed by atoms with Gasteiger partial charge in [0.25, 0.3) is 0 Å². The van der Waals surface area contributed by atoms with E-state index in [1.54, 1.807) is 36.4 Å². The lowest BCUT2D eigenvalue weighted by atomic mass is 9.81. The maximum absolute atomic E-state index is 14.0. The molecule has 1 unspecified atom stereocenters. The van der Waals surface area contributed by atoms with Gasteiger partial charge in [0.15, 0.2) is 0 Å². The van der Waals surface area contributed by atoms with Crippen LogP contribution in [0, 0.1) is 5.82 Å². The number of hydrogen-bond acceptors (Lipinski definition) is 3. The van der Waals surface area contributed by atoms with Gasteiger partial charge < -0.3 is 14.9 Å². The molecule has 1 fully saturated rings. The summed E-state index contributed by atoms with van der Waals surface area (Å²) in [6.07, 6.45) is -0.107. The molecule has 2 heterocycles. The van der Waals surface area contributed by atoms with Crippen molar-refractivity contribution in [3.63, 3.8) is 0 Å². The summed E-state index contributed by atoms with van der Waals surface area (Å²) in [5.74, 6) is -2.32. The molecule has 0 radical (unpaired) electrons. The molecule has 1 saturated heterocycles. The lowest BCUT2D eigenvalue weighted by Gasteiger charge is -2.23. The van der Waals surface area contributed by atoms with Crippen LogP contribution < -0.4 is 4.90 Å². The van der Waals surface area contributed by atoms with Crippen LogP contribution in [0.3, 0.4) is 0 Å². The van der Waals surface area contributed by atoms with Crippen molar-refractivity contribution in [3.05, 3.63) is 64.4 Å². The Morgan fingerprint density at radius 3 is 2.68 bits per heavy atom. The molecule has 4 rings (SSSR count). The average Bonchev–Trinajstić information content (AvgIpc) is 3.07. The van der Waals surface area contributed by atoms with Crippen molar-refractivity contribution in [2.45, 2.75) is 18.4 Å². The molecule has 8 heteroatoms. The van der Waals surface area contributed by atoms with Gasteiger partial charge in [0.1, 0.15) is 17.8 Å². The first-order valence-electron chi connectivity index (χ1n) is 8.67. The van der Waals surface area contributed by atoms with Gasteiger partial charge in [0.2, 0.25) is 11.8 Å². The number of hydrogen-bond donors (Lipinski definition) is 1. The van der Waals surface area contributed by atoms with Crippen LogP contribution in [0.25, 0.3) is 0 Å². The SMILES string of the molecule is O=C(O)CN1C(=O)C2(CC(=O)N(Cc3ccccc3F)C2)c2cc(Cl)ccc21. The number of carbonyl (C=O) groups is 3. The number of anilines is 1. The summed E-state index contributed by atoms with van der Waals surface area (Å²) in [6.45, 7) is -0.422. The van der Waals surface area contributed by atoms with E-state index in [9.17, 15) is 23.9 Å². The fraction of sp³-hybridized carbons (Fsp3) is 0.250. The molecule has 1 spiro atoms. The molecule has 2 amide bonds. The minimum absolute atomic E-state index is 0.0371. The number of aliphatic carboxylic acids is 1. The zero-order valence-electron chi connectivity index (χ0n) is 14.7. The lowest BCUT2D eigenvalue weighted by Crippen LogP contribution is -2.44. The molecular weight excluding hydrogens is 387 g/mol. The molecule has 2 aliphatic rings. The predicted octanol–water partition coefficient (Wildman–Crippen LogP) is 2.58. The Kier molecular flexibility index (Phi) is 4.34. The van der Waals surface area contributed by atoms with Crippen molar-refractivity contribution in [1.82, 2.24) is 4.90 Å². The van der Waals surface area contributed by atoms with Crippen LogP contribution in [-0.2, 0) is 26.3 Å². The second-order valence-corrected chi connectivity index (χ2v) is 7.48. The number of likely N-dealkylation sites (tertiary alicyclic amines) is 1. The number of carboxylic acid groups (broad SMARTS) is 1. The number of halogens is 2. The first-order valence-corrected chi connectivity index (χ1v) is 9.04. The van der Waals surface area contributed by atoms with Crippen LogP contribution >= 0.6 is 11.6 Å². The Bertz CT molecular complexity index is 1010. The minimum atomic E-state index is -1.21. The van der Waals surface area contributed by atoms with Crippen molar-refractivity contribution in [3.8, 4) is 0 Å². The summed E-state index contributed by atoms with van der Waals surface area (Å²) in [4.78, 5) is 39.8. The molecule has 144 valence electrons. The number of carboxylic acids is 1. The Hall–Kier alpha value is -2.93. The molecule has 0 aliphatic carbocycles. The number of carbonyl (C=O) groups excluding carboxylic acids is 2. The van der Waals surface area contributed by atoms with Gasteiger partial charge in [0, 0.05) is 35.8 Å². The highest BCUT2D eigenvalue weighted by molar-refractivity contribution is 6.31. The van der Waals surface area contributed by atoms with Gasteiger partial charge in [-0.3, -0.25) is 14.4 Å². The van der Waals surface area contributed by atoms with Crippen molar-refractivity contribution in [2.75, 3.05) is 18.0 Å². The van der Waals surface area contributed by atoms with E-state index in [1.165, 1.54) is 15.9 Å². The maximum atomic E-state index is 14.0. The second kappa shape index (κ2) is 6.60. The highest BCUT2D eigenvalue weighted by Crippen LogP contribution is 2.48. The van der Waals surface area contributed by atoms with Crippen molar-refractivity contribution >= 4 is 35.1 Å². The van der Waals surface area contributed by atoms with Gasteiger partial charge in [-0.2, -0.15) is 0 Å². The molecule has 2 aromatic rings. The summed E-state index contributed by atoms with van der Waals surface area (Å²) in [6, 6.07) is 10.9. The van der Waals surface area contributed by atoms with Gasteiger partial charge in [-0.05, 0) is 29.8 Å². The van der Waals surface area contributed by atoms with E-state index in [0.717, 1.165) is 0 Å². The topological polar surface area (TPSA) is 77.9 Å². The number of benzene rings is 2. The number of nitrogens with zero attached hydrogens (tertiary/aromatic N) is 2.